The van der Waals surface area contributed by atoms with Gasteiger partial charge in [0.05, 0.1) is 29.3 Å². The Morgan fingerprint density at radius 2 is 2.04 bits per heavy atom. The van der Waals surface area contributed by atoms with Gasteiger partial charge in [0, 0.05) is 11.9 Å². The van der Waals surface area contributed by atoms with Crippen LogP contribution in [-0.2, 0) is 4.79 Å². The first-order valence-corrected chi connectivity index (χ1v) is 9.29. The molecule has 0 radical (unpaired) electrons. The minimum absolute atomic E-state index is 0.164. The van der Waals surface area contributed by atoms with Crippen molar-refractivity contribution in [3.05, 3.63) is 47.5 Å². The largest absolute Gasteiger partial charge is 0.325 e. The fraction of sp³-hybridized carbons (Fsp3) is 0.350. The summed E-state index contributed by atoms with van der Waals surface area (Å²) in [5.74, 6) is -0.254. The number of hydrogen-bond acceptors (Lipinski definition) is 5. The van der Waals surface area contributed by atoms with Crippen LogP contribution in [0.15, 0.2) is 30.6 Å². The van der Waals surface area contributed by atoms with Gasteiger partial charge in [-0.3, -0.25) is 4.79 Å². The van der Waals surface area contributed by atoms with Gasteiger partial charge in [-0.1, -0.05) is 25.3 Å². The third kappa shape index (κ3) is 2.56. The lowest BCUT2D eigenvalue weighted by Gasteiger charge is -2.22. The van der Waals surface area contributed by atoms with Gasteiger partial charge in [-0.15, -0.1) is 0 Å². The number of aromatic nitrogens is 4. The molecule has 1 atom stereocenters. The van der Waals surface area contributed by atoms with Crippen LogP contribution in [0.4, 0.5) is 5.69 Å². The number of nitriles is 1. The molecule has 7 heteroatoms. The third-order valence-electron chi connectivity index (χ3n) is 5.55. The molecule has 5 rings (SSSR count). The van der Waals surface area contributed by atoms with Crippen LogP contribution in [0.5, 0.6) is 0 Å². The maximum Gasteiger partial charge on any atom is 0.239 e. The van der Waals surface area contributed by atoms with Crippen molar-refractivity contribution in [2.24, 2.45) is 0 Å². The molecule has 1 fully saturated rings. The van der Waals surface area contributed by atoms with E-state index in [0.717, 1.165) is 29.4 Å². The summed E-state index contributed by atoms with van der Waals surface area (Å²) in [6, 6.07) is 7.68. The number of nitrogens with one attached hydrogen (secondary N) is 1. The third-order valence-corrected chi connectivity index (χ3v) is 5.55. The lowest BCUT2D eigenvalue weighted by Crippen LogP contribution is -2.18. The average Bonchev–Trinajstić information content (AvgIpc) is 3.27. The van der Waals surface area contributed by atoms with Crippen LogP contribution in [0.3, 0.4) is 0 Å². The predicted octanol–water partition coefficient (Wildman–Crippen LogP) is 3.29. The highest BCUT2D eigenvalue weighted by molar-refractivity contribution is 6.04. The molecule has 2 aliphatic rings. The van der Waals surface area contributed by atoms with E-state index in [2.05, 4.69) is 21.5 Å². The fourth-order valence-corrected chi connectivity index (χ4v) is 4.17. The Labute approximate surface area is 156 Å². The van der Waals surface area contributed by atoms with Crippen molar-refractivity contribution in [3.63, 3.8) is 0 Å². The number of carbonyl (C=O) groups excluding carboxylic acids is 1. The second-order valence-electron chi connectivity index (χ2n) is 7.22. The standard InChI is InChI=1S/C20H18N6O/c21-9-12-6-7-15-16(8-12)24-20(27)17(15)18-22-10-13-11-23-26(19(13)25-18)14-4-2-1-3-5-14/h6-8,10-11,14,17H,1-5H2,(H,24,27). The number of benzene rings is 1. The summed E-state index contributed by atoms with van der Waals surface area (Å²) in [5.41, 5.74) is 2.78. The van der Waals surface area contributed by atoms with E-state index in [4.69, 9.17) is 10.2 Å². The summed E-state index contributed by atoms with van der Waals surface area (Å²) in [6.45, 7) is 0. The van der Waals surface area contributed by atoms with Crippen LogP contribution >= 0.6 is 0 Å². The zero-order valence-corrected chi connectivity index (χ0v) is 14.7. The molecule has 0 spiro atoms. The van der Waals surface area contributed by atoms with E-state index in [9.17, 15) is 4.79 Å². The van der Waals surface area contributed by atoms with Crippen molar-refractivity contribution >= 4 is 22.6 Å². The summed E-state index contributed by atoms with van der Waals surface area (Å²) in [6.07, 6.45) is 9.47. The Morgan fingerprint density at radius 3 is 2.85 bits per heavy atom. The second-order valence-corrected chi connectivity index (χ2v) is 7.22. The van der Waals surface area contributed by atoms with Crippen molar-refractivity contribution in [1.82, 2.24) is 19.7 Å². The van der Waals surface area contributed by atoms with Gasteiger partial charge in [0.15, 0.2) is 5.65 Å². The smallest absolute Gasteiger partial charge is 0.239 e. The Hall–Kier alpha value is -3.27. The van der Waals surface area contributed by atoms with E-state index in [1.54, 1.807) is 24.5 Å². The van der Waals surface area contributed by atoms with Gasteiger partial charge in [0.25, 0.3) is 0 Å². The molecule has 1 aliphatic heterocycles. The molecule has 3 aromatic rings. The van der Waals surface area contributed by atoms with E-state index < -0.39 is 5.92 Å². The first kappa shape index (κ1) is 15.9. The van der Waals surface area contributed by atoms with Gasteiger partial charge >= 0.3 is 0 Å². The highest BCUT2D eigenvalue weighted by atomic mass is 16.2. The van der Waals surface area contributed by atoms with E-state index in [0.29, 0.717) is 23.1 Å². The summed E-state index contributed by atoms with van der Waals surface area (Å²) in [4.78, 5) is 21.8. The number of nitrogens with zero attached hydrogens (tertiary/aromatic N) is 5. The SMILES string of the molecule is N#Cc1ccc2c(c1)NC(=O)C2c1ncc2cnn(C3CCCCC3)c2n1. The van der Waals surface area contributed by atoms with E-state index in [1.807, 2.05) is 10.7 Å². The molecule has 3 heterocycles. The van der Waals surface area contributed by atoms with Crippen LogP contribution in [0.2, 0.25) is 0 Å². The maximum atomic E-state index is 12.6. The minimum atomic E-state index is -0.563. The highest BCUT2D eigenvalue weighted by Gasteiger charge is 2.34. The minimum Gasteiger partial charge on any atom is -0.325 e. The lowest BCUT2D eigenvalue weighted by molar-refractivity contribution is -0.116. The molecule has 27 heavy (non-hydrogen) atoms. The number of hydrogen-bond donors (Lipinski definition) is 1. The summed E-state index contributed by atoms with van der Waals surface area (Å²) in [7, 11) is 0. The molecule has 1 amide bonds. The van der Waals surface area contributed by atoms with Gasteiger partial charge in [0.2, 0.25) is 5.91 Å². The molecule has 134 valence electrons. The molecule has 1 aromatic carbocycles. The van der Waals surface area contributed by atoms with Gasteiger partial charge in [-0.2, -0.15) is 10.4 Å². The first-order chi connectivity index (χ1) is 13.2. The number of rotatable bonds is 2. The fourth-order valence-electron chi connectivity index (χ4n) is 4.17. The molecular weight excluding hydrogens is 340 g/mol. The van der Waals surface area contributed by atoms with Crippen molar-refractivity contribution in [2.45, 2.75) is 44.1 Å². The van der Waals surface area contributed by atoms with Crippen molar-refractivity contribution in [1.29, 1.82) is 5.26 Å². The Morgan fingerprint density at radius 1 is 1.19 bits per heavy atom. The number of anilines is 1. The molecule has 7 nitrogen and oxygen atoms in total. The Balaban J connectivity index is 1.58. The van der Waals surface area contributed by atoms with Crippen LogP contribution in [0, 0.1) is 11.3 Å². The normalized spacial score (nSPS) is 19.7. The summed E-state index contributed by atoms with van der Waals surface area (Å²) < 4.78 is 2.01. The van der Waals surface area contributed by atoms with E-state index in [1.165, 1.54) is 19.3 Å². The van der Waals surface area contributed by atoms with Gasteiger partial charge in [-0.05, 0) is 30.5 Å². The number of amides is 1. The topological polar surface area (TPSA) is 96.5 Å². The van der Waals surface area contributed by atoms with Crippen LogP contribution in [-0.4, -0.2) is 25.7 Å². The van der Waals surface area contributed by atoms with E-state index >= 15 is 0 Å². The monoisotopic (exact) mass is 358 g/mol. The average molecular weight is 358 g/mol. The van der Waals surface area contributed by atoms with Crippen molar-refractivity contribution in [2.75, 3.05) is 5.32 Å². The molecule has 1 N–H and O–H groups in total. The van der Waals surface area contributed by atoms with Gasteiger partial charge < -0.3 is 5.32 Å². The summed E-state index contributed by atoms with van der Waals surface area (Å²) >= 11 is 0. The predicted molar refractivity (Wildman–Crippen MR) is 99.1 cm³/mol. The molecule has 1 saturated carbocycles. The zero-order valence-electron chi connectivity index (χ0n) is 14.7. The molecule has 0 bridgehead atoms. The molecule has 0 saturated heterocycles. The van der Waals surface area contributed by atoms with Gasteiger partial charge in [-0.25, -0.2) is 14.6 Å². The van der Waals surface area contributed by atoms with E-state index in [-0.39, 0.29) is 5.91 Å². The van der Waals surface area contributed by atoms with Crippen molar-refractivity contribution in [3.8, 4) is 6.07 Å². The van der Waals surface area contributed by atoms with Crippen LogP contribution in [0.1, 0.15) is 61.0 Å². The number of carbonyl (C=O) groups is 1. The zero-order chi connectivity index (χ0) is 18.4. The Bertz CT molecular complexity index is 1090. The quantitative estimate of drug-likeness (QED) is 0.758. The maximum absolute atomic E-state index is 12.6. The molecular formula is C20H18N6O. The van der Waals surface area contributed by atoms with Crippen LogP contribution in [0.25, 0.3) is 11.0 Å². The Kier molecular flexibility index (Phi) is 3.64. The molecule has 1 unspecified atom stereocenters. The van der Waals surface area contributed by atoms with Crippen LogP contribution < -0.4 is 5.32 Å². The summed E-state index contributed by atoms with van der Waals surface area (Å²) in [5, 5.41) is 17.4. The molecule has 2 aromatic heterocycles. The lowest BCUT2D eigenvalue weighted by atomic mass is 9.96. The number of fused-ring (bicyclic) bond motifs is 2. The highest BCUT2D eigenvalue weighted by Crippen LogP contribution is 2.37. The van der Waals surface area contributed by atoms with Gasteiger partial charge in [0.1, 0.15) is 11.7 Å². The molecule has 1 aliphatic carbocycles. The first-order valence-electron chi connectivity index (χ1n) is 9.29. The van der Waals surface area contributed by atoms with Crippen molar-refractivity contribution < 1.29 is 4.79 Å². The second kappa shape index (κ2) is 6.16.